The predicted molar refractivity (Wildman–Crippen MR) is 117 cm³/mol. The van der Waals surface area contributed by atoms with Gasteiger partial charge in [-0.1, -0.05) is 30.3 Å². The second-order valence-corrected chi connectivity index (χ2v) is 7.72. The molecule has 1 aromatic rings. The monoisotopic (exact) mass is 415 g/mol. The number of benzene rings is 1. The van der Waals surface area contributed by atoms with Crippen LogP contribution in [0.5, 0.6) is 0 Å². The number of likely N-dealkylation sites (tertiary alicyclic amines) is 2. The van der Waals surface area contributed by atoms with Crippen LogP contribution in [0.15, 0.2) is 30.3 Å². The van der Waals surface area contributed by atoms with Gasteiger partial charge in [0.05, 0.1) is 5.92 Å². The van der Waals surface area contributed by atoms with Gasteiger partial charge in [0.2, 0.25) is 5.91 Å². The molecule has 3 rings (SSSR count). The number of amides is 1. The lowest BCUT2D eigenvalue weighted by Gasteiger charge is -2.38. The number of hydrogen-bond acceptors (Lipinski definition) is 3. The third-order valence-electron chi connectivity index (χ3n) is 5.83. The van der Waals surface area contributed by atoms with Gasteiger partial charge in [-0.05, 0) is 63.7 Å². The molecule has 1 unspecified atom stereocenters. The lowest BCUT2D eigenvalue weighted by Crippen LogP contribution is -2.47. The number of carbonyl (C=O) groups is 1. The first kappa shape index (κ1) is 24.2. The summed E-state index contributed by atoms with van der Waals surface area (Å²) in [4.78, 5) is 17.6. The van der Waals surface area contributed by atoms with E-state index in [1.165, 1.54) is 24.8 Å². The first-order chi connectivity index (χ1) is 12.3. The maximum atomic E-state index is 13.0. The zero-order chi connectivity index (χ0) is 17.5. The summed E-state index contributed by atoms with van der Waals surface area (Å²) in [5.41, 5.74) is 1.35. The van der Waals surface area contributed by atoms with Gasteiger partial charge in [0.1, 0.15) is 0 Å². The molecule has 2 aliphatic heterocycles. The van der Waals surface area contributed by atoms with Gasteiger partial charge in [0, 0.05) is 26.2 Å². The second kappa shape index (κ2) is 12.6. The standard InChI is InChI=1S/C21H33N3O.2ClH/c1-22-12-9-18-10-14-24(15-11-18)21(25)20-8-5-13-23(17-20)16-19-6-3-2-4-7-19;;/h2-4,6-7,18,20,22H,5,8-17H2,1H3;2*1H. The fraction of sp³-hybridized carbons (Fsp3) is 0.667. The number of carbonyl (C=O) groups excluding carboxylic acids is 1. The van der Waals surface area contributed by atoms with Gasteiger partial charge in [-0.2, -0.15) is 0 Å². The fourth-order valence-corrected chi connectivity index (χ4v) is 4.29. The Bertz CT molecular complexity index is 535. The smallest absolute Gasteiger partial charge is 0.226 e. The molecule has 2 fully saturated rings. The number of halogens is 2. The van der Waals surface area contributed by atoms with Crippen LogP contribution in [-0.4, -0.2) is 55.5 Å². The van der Waals surface area contributed by atoms with E-state index >= 15 is 0 Å². The minimum Gasteiger partial charge on any atom is -0.342 e. The molecule has 0 bridgehead atoms. The van der Waals surface area contributed by atoms with E-state index in [-0.39, 0.29) is 30.7 Å². The van der Waals surface area contributed by atoms with Gasteiger partial charge >= 0.3 is 0 Å². The molecule has 0 aromatic heterocycles. The van der Waals surface area contributed by atoms with Crippen molar-refractivity contribution < 1.29 is 4.79 Å². The van der Waals surface area contributed by atoms with E-state index in [0.29, 0.717) is 5.91 Å². The minimum atomic E-state index is 0. The highest BCUT2D eigenvalue weighted by Crippen LogP contribution is 2.25. The molecule has 154 valence electrons. The van der Waals surface area contributed by atoms with Crippen LogP contribution in [0, 0.1) is 11.8 Å². The van der Waals surface area contributed by atoms with E-state index in [1.54, 1.807) is 0 Å². The minimum absolute atomic E-state index is 0. The van der Waals surface area contributed by atoms with Crippen LogP contribution in [-0.2, 0) is 11.3 Å². The van der Waals surface area contributed by atoms with Crippen molar-refractivity contribution in [3.05, 3.63) is 35.9 Å². The van der Waals surface area contributed by atoms with Crippen molar-refractivity contribution in [2.24, 2.45) is 11.8 Å². The molecule has 2 aliphatic rings. The van der Waals surface area contributed by atoms with Crippen LogP contribution in [0.25, 0.3) is 0 Å². The first-order valence-electron chi connectivity index (χ1n) is 9.96. The maximum absolute atomic E-state index is 13.0. The molecule has 1 N–H and O–H groups in total. The summed E-state index contributed by atoms with van der Waals surface area (Å²) in [6.07, 6.45) is 5.79. The van der Waals surface area contributed by atoms with Crippen LogP contribution in [0.4, 0.5) is 0 Å². The van der Waals surface area contributed by atoms with Crippen molar-refractivity contribution in [2.45, 2.75) is 38.6 Å². The molecule has 27 heavy (non-hydrogen) atoms. The van der Waals surface area contributed by atoms with Crippen molar-refractivity contribution in [2.75, 3.05) is 39.8 Å². The van der Waals surface area contributed by atoms with Crippen molar-refractivity contribution in [1.82, 2.24) is 15.1 Å². The first-order valence-corrected chi connectivity index (χ1v) is 9.96. The average Bonchev–Trinajstić information content (AvgIpc) is 2.67. The Morgan fingerprint density at radius 3 is 2.44 bits per heavy atom. The molecule has 2 heterocycles. The quantitative estimate of drug-likeness (QED) is 0.770. The lowest BCUT2D eigenvalue weighted by atomic mass is 9.91. The number of nitrogens with one attached hydrogen (secondary N) is 1. The van der Waals surface area contributed by atoms with E-state index in [4.69, 9.17) is 0 Å². The van der Waals surface area contributed by atoms with Crippen LogP contribution in [0.1, 0.15) is 37.7 Å². The third kappa shape index (κ3) is 7.26. The molecule has 0 saturated carbocycles. The van der Waals surface area contributed by atoms with Gasteiger partial charge in [0.15, 0.2) is 0 Å². The van der Waals surface area contributed by atoms with Gasteiger partial charge < -0.3 is 10.2 Å². The van der Waals surface area contributed by atoms with Gasteiger partial charge in [-0.15, -0.1) is 24.8 Å². The fourth-order valence-electron chi connectivity index (χ4n) is 4.29. The molecule has 1 atom stereocenters. The molecule has 0 radical (unpaired) electrons. The molecular formula is C21H35Cl2N3O. The topological polar surface area (TPSA) is 35.6 Å². The highest BCUT2D eigenvalue weighted by Gasteiger charge is 2.31. The molecule has 6 heteroatoms. The second-order valence-electron chi connectivity index (χ2n) is 7.72. The zero-order valence-corrected chi connectivity index (χ0v) is 18.1. The van der Waals surface area contributed by atoms with Gasteiger partial charge in [-0.25, -0.2) is 0 Å². The summed E-state index contributed by atoms with van der Waals surface area (Å²) in [6.45, 7) is 6.02. The average molecular weight is 416 g/mol. The van der Waals surface area contributed by atoms with Crippen molar-refractivity contribution >= 4 is 30.7 Å². The molecule has 1 aromatic carbocycles. The van der Waals surface area contributed by atoms with Crippen molar-refractivity contribution in [3.63, 3.8) is 0 Å². The molecule has 4 nitrogen and oxygen atoms in total. The Morgan fingerprint density at radius 2 is 1.78 bits per heavy atom. The summed E-state index contributed by atoms with van der Waals surface area (Å²) < 4.78 is 0. The SMILES string of the molecule is CNCCC1CCN(C(=O)C2CCCN(Cc3ccccc3)C2)CC1.Cl.Cl. The predicted octanol–water partition coefficient (Wildman–Crippen LogP) is 3.59. The molecule has 0 aliphatic carbocycles. The maximum Gasteiger partial charge on any atom is 0.226 e. The van der Waals surface area contributed by atoms with Crippen LogP contribution >= 0.6 is 24.8 Å². The Morgan fingerprint density at radius 1 is 1.07 bits per heavy atom. The molecule has 0 spiro atoms. The lowest BCUT2D eigenvalue weighted by molar-refractivity contribution is -0.138. The Hall–Kier alpha value is -0.810. The number of hydrogen-bond donors (Lipinski definition) is 1. The van der Waals surface area contributed by atoms with E-state index in [9.17, 15) is 4.79 Å². The molecule has 2 saturated heterocycles. The van der Waals surface area contributed by atoms with E-state index in [0.717, 1.165) is 58.0 Å². The van der Waals surface area contributed by atoms with Crippen LogP contribution in [0.2, 0.25) is 0 Å². The molecular weight excluding hydrogens is 381 g/mol. The Kier molecular flexibility index (Phi) is 11.3. The molecule has 1 amide bonds. The number of rotatable bonds is 6. The van der Waals surface area contributed by atoms with Crippen molar-refractivity contribution in [1.29, 1.82) is 0 Å². The number of nitrogens with zero attached hydrogens (tertiary/aromatic N) is 2. The normalized spacial score (nSPS) is 21.2. The van der Waals surface area contributed by atoms with Crippen LogP contribution < -0.4 is 5.32 Å². The highest BCUT2D eigenvalue weighted by molar-refractivity contribution is 5.85. The van der Waals surface area contributed by atoms with E-state index in [1.807, 2.05) is 7.05 Å². The summed E-state index contributed by atoms with van der Waals surface area (Å²) in [5, 5.41) is 3.24. The summed E-state index contributed by atoms with van der Waals surface area (Å²) in [6, 6.07) is 10.6. The van der Waals surface area contributed by atoms with E-state index in [2.05, 4.69) is 45.4 Å². The Balaban J connectivity index is 0.00000182. The number of piperidine rings is 2. The van der Waals surface area contributed by atoms with E-state index < -0.39 is 0 Å². The third-order valence-corrected chi connectivity index (χ3v) is 5.83. The summed E-state index contributed by atoms with van der Waals surface area (Å²) >= 11 is 0. The van der Waals surface area contributed by atoms with Crippen LogP contribution in [0.3, 0.4) is 0 Å². The largest absolute Gasteiger partial charge is 0.342 e. The van der Waals surface area contributed by atoms with Crippen molar-refractivity contribution in [3.8, 4) is 0 Å². The zero-order valence-electron chi connectivity index (χ0n) is 16.4. The highest BCUT2D eigenvalue weighted by atomic mass is 35.5. The summed E-state index contributed by atoms with van der Waals surface area (Å²) in [7, 11) is 2.02. The van der Waals surface area contributed by atoms with Gasteiger partial charge in [0.25, 0.3) is 0 Å². The van der Waals surface area contributed by atoms with Gasteiger partial charge in [-0.3, -0.25) is 9.69 Å². The summed E-state index contributed by atoms with van der Waals surface area (Å²) in [5.74, 6) is 1.40. The Labute approximate surface area is 176 Å².